The van der Waals surface area contributed by atoms with Crippen molar-refractivity contribution in [3.63, 3.8) is 0 Å². The number of nitrogens with zero attached hydrogens (tertiary/aromatic N) is 1. The number of carbonyl (C=O) groups is 1. The van der Waals surface area contributed by atoms with Gasteiger partial charge in [0.15, 0.2) is 0 Å². The summed E-state index contributed by atoms with van der Waals surface area (Å²) < 4.78 is 27.7. The lowest BCUT2D eigenvalue weighted by molar-refractivity contribution is -0.119. The van der Waals surface area contributed by atoms with Crippen LogP contribution >= 0.6 is 23.2 Å². The monoisotopic (exact) mass is 476 g/mol. The largest absolute Gasteiger partial charge is 0.354 e. The summed E-state index contributed by atoms with van der Waals surface area (Å²) in [6.45, 7) is 1.85. The Kier molecular flexibility index (Phi) is 7.59. The van der Waals surface area contributed by atoms with Crippen molar-refractivity contribution < 1.29 is 13.2 Å². The minimum Gasteiger partial charge on any atom is -0.354 e. The number of sulfonamides is 1. The molecule has 3 aromatic carbocycles. The average molecular weight is 477 g/mol. The molecule has 0 aliphatic heterocycles. The number of rotatable bonds is 8. The zero-order valence-electron chi connectivity index (χ0n) is 16.9. The lowest BCUT2D eigenvalue weighted by Crippen LogP contribution is -2.41. The molecule has 1 N–H and O–H groups in total. The van der Waals surface area contributed by atoms with Gasteiger partial charge in [-0.15, -0.1) is 0 Å². The number of amides is 1. The van der Waals surface area contributed by atoms with Gasteiger partial charge < -0.3 is 5.32 Å². The molecule has 5 nitrogen and oxygen atoms in total. The Morgan fingerprint density at radius 1 is 0.935 bits per heavy atom. The van der Waals surface area contributed by atoms with E-state index in [0.717, 1.165) is 15.4 Å². The van der Waals surface area contributed by atoms with E-state index in [-0.39, 0.29) is 22.2 Å². The highest BCUT2D eigenvalue weighted by Gasteiger charge is 2.28. The van der Waals surface area contributed by atoms with Gasteiger partial charge in [0.1, 0.15) is 6.54 Å². The van der Waals surface area contributed by atoms with E-state index >= 15 is 0 Å². The second kappa shape index (κ2) is 10.2. The Labute approximate surface area is 192 Å². The Morgan fingerprint density at radius 3 is 2.23 bits per heavy atom. The fraction of sp³-hybridized carbons (Fsp3) is 0.174. The summed E-state index contributed by atoms with van der Waals surface area (Å²) >= 11 is 12.2. The number of para-hydroxylation sites is 1. The lowest BCUT2D eigenvalue weighted by atomic mass is 10.1. The summed E-state index contributed by atoms with van der Waals surface area (Å²) in [7, 11) is -4.00. The maximum Gasteiger partial charge on any atom is 0.264 e. The van der Waals surface area contributed by atoms with Gasteiger partial charge in [0.05, 0.1) is 15.6 Å². The first-order valence-corrected chi connectivity index (χ1v) is 11.8. The number of anilines is 1. The molecule has 1 amide bonds. The molecule has 0 aliphatic carbocycles. The van der Waals surface area contributed by atoms with E-state index in [1.54, 1.807) is 48.5 Å². The molecule has 0 saturated heterocycles. The first-order valence-electron chi connectivity index (χ1n) is 9.62. The van der Waals surface area contributed by atoms with E-state index in [1.807, 2.05) is 19.1 Å². The molecule has 0 radical (unpaired) electrons. The number of benzene rings is 3. The third-order valence-electron chi connectivity index (χ3n) is 4.67. The number of hydrogen-bond donors (Lipinski definition) is 1. The smallest absolute Gasteiger partial charge is 0.264 e. The third-order valence-corrected chi connectivity index (χ3v) is 7.01. The molecule has 0 heterocycles. The summed E-state index contributed by atoms with van der Waals surface area (Å²) in [5.74, 6) is -0.426. The van der Waals surface area contributed by atoms with Gasteiger partial charge in [-0.2, -0.15) is 0 Å². The van der Waals surface area contributed by atoms with Gasteiger partial charge in [-0.1, -0.05) is 65.2 Å². The molecule has 31 heavy (non-hydrogen) atoms. The van der Waals surface area contributed by atoms with Crippen molar-refractivity contribution in [2.75, 3.05) is 17.4 Å². The summed E-state index contributed by atoms with van der Waals surface area (Å²) in [5, 5.41) is 3.66. The molecule has 3 aromatic rings. The quantitative estimate of drug-likeness (QED) is 0.504. The van der Waals surface area contributed by atoms with Crippen molar-refractivity contribution in [2.24, 2.45) is 0 Å². The number of halogens is 2. The molecule has 0 bridgehead atoms. The van der Waals surface area contributed by atoms with Gasteiger partial charge in [-0.05, 0) is 55.3 Å². The molecule has 0 atom stereocenters. The topological polar surface area (TPSA) is 66.5 Å². The predicted octanol–water partition coefficient (Wildman–Crippen LogP) is 4.86. The summed E-state index contributed by atoms with van der Waals surface area (Å²) in [6, 6.07) is 20.3. The summed E-state index contributed by atoms with van der Waals surface area (Å²) in [6.07, 6.45) is 0.597. The van der Waals surface area contributed by atoms with Gasteiger partial charge >= 0.3 is 0 Å². The van der Waals surface area contributed by atoms with Gasteiger partial charge in [-0.3, -0.25) is 9.10 Å². The molecule has 0 aliphatic rings. The van der Waals surface area contributed by atoms with Crippen molar-refractivity contribution in [1.82, 2.24) is 5.32 Å². The molecule has 0 unspecified atom stereocenters. The van der Waals surface area contributed by atoms with Crippen LogP contribution in [-0.4, -0.2) is 27.4 Å². The highest BCUT2D eigenvalue weighted by Crippen LogP contribution is 2.30. The molecule has 3 rings (SSSR count). The number of nitrogens with one attached hydrogen (secondary N) is 1. The Bertz CT molecular complexity index is 1150. The molecular weight excluding hydrogens is 455 g/mol. The first kappa shape index (κ1) is 23.1. The fourth-order valence-electron chi connectivity index (χ4n) is 2.97. The maximum absolute atomic E-state index is 13.3. The second-order valence-electron chi connectivity index (χ2n) is 7.00. The van der Waals surface area contributed by atoms with Crippen LogP contribution in [0.2, 0.25) is 10.0 Å². The van der Waals surface area contributed by atoms with Gasteiger partial charge in [0.25, 0.3) is 10.0 Å². The van der Waals surface area contributed by atoms with Gasteiger partial charge in [0, 0.05) is 11.6 Å². The molecule has 0 spiro atoms. The van der Waals surface area contributed by atoms with Gasteiger partial charge in [0.2, 0.25) is 5.91 Å². The molecule has 162 valence electrons. The highest BCUT2D eigenvalue weighted by molar-refractivity contribution is 7.92. The van der Waals surface area contributed by atoms with Crippen LogP contribution in [0.1, 0.15) is 11.1 Å². The minimum absolute atomic E-state index is 0.0898. The van der Waals surface area contributed by atoms with Crippen LogP contribution in [-0.2, 0) is 21.2 Å². The van der Waals surface area contributed by atoms with Crippen LogP contribution in [0.4, 0.5) is 5.69 Å². The van der Waals surface area contributed by atoms with Crippen LogP contribution in [0.3, 0.4) is 0 Å². The normalized spacial score (nSPS) is 11.2. The van der Waals surface area contributed by atoms with Crippen molar-refractivity contribution in [3.05, 3.63) is 94.0 Å². The summed E-state index contributed by atoms with van der Waals surface area (Å²) in [4.78, 5) is 12.7. The fourth-order valence-corrected chi connectivity index (χ4v) is 4.83. The number of carbonyl (C=O) groups excluding carboxylic acids is 1. The molecule has 8 heteroatoms. The second-order valence-corrected chi connectivity index (χ2v) is 9.71. The highest BCUT2D eigenvalue weighted by atomic mass is 35.5. The molecule has 0 aromatic heterocycles. The van der Waals surface area contributed by atoms with E-state index in [1.165, 1.54) is 12.1 Å². The SMILES string of the molecule is Cc1ccc(S(=O)(=O)N(CC(=O)NCCc2ccc(Cl)cc2)c2ccccc2Cl)cc1. The van der Waals surface area contributed by atoms with Crippen molar-refractivity contribution in [1.29, 1.82) is 0 Å². The van der Waals surface area contributed by atoms with Crippen LogP contribution in [0.15, 0.2) is 77.7 Å². The van der Waals surface area contributed by atoms with E-state index in [9.17, 15) is 13.2 Å². The minimum atomic E-state index is -4.00. The predicted molar refractivity (Wildman–Crippen MR) is 125 cm³/mol. The zero-order chi connectivity index (χ0) is 22.4. The summed E-state index contributed by atoms with van der Waals surface area (Å²) in [5.41, 5.74) is 2.20. The van der Waals surface area contributed by atoms with Gasteiger partial charge in [-0.25, -0.2) is 8.42 Å². The molecular formula is C23H22Cl2N2O3S. The Balaban J connectivity index is 1.78. The average Bonchev–Trinajstić information content (AvgIpc) is 2.74. The van der Waals surface area contributed by atoms with Crippen LogP contribution in [0.5, 0.6) is 0 Å². The zero-order valence-corrected chi connectivity index (χ0v) is 19.2. The third kappa shape index (κ3) is 6.00. The van der Waals surface area contributed by atoms with E-state index in [4.69, 9.17) is 23.2 Å². The molecule has 0 fully saturated rings. The standard InChI is InChI=1S/C23H22Cl2N2O3S/c1-17-6-12-20(13-7-17)31(29,30)27(22-5-3-2-4-21(22)25)16-23(28)26-15-14-18-8-10-19(24)11-9-18/h2-13H,14-16H2,1H3,(H,26,28). The molecule has 0 saturated carbocycles. The number of hydrogen-bond acceptors (Lipinski definition) is 3. The van der Waals surface area contributed by atoms with Crippen LogP contribution in [0.25, 0.3) is 0 Å². The number of aryl methyl sites for hydroxylation is 1. The van der Waals surface area contributed by atoms with Crippen molar-refractivity contribution in [2.45, 2.75) is 18.2 Å². The lowest BCUT2D eigenvalue weighted by Gasteiger charge is -2.25. The Morgan fingerprint density at radius 2 is 1.58 bits per heavy atom. The van der Waals surface area contributed by atoms with Crippen LogP contribution in [0, 0.1) is 6.92 Å². The maximum atomic E-state index is 13.3. The Hall–Kier alpha value is -2.54. The first-order chi connectivity index (χ1) is 14.8. The van der Waals surface area contributed by atoms with Crippen molar-refractivity contribution >= 4 is 44.8 Å². The van der Waals surface area contributed by atoms with Crippen molar-refractivity contribution in [3.8, 4) is 0 Å². The van der Waals surface area contributed by atoms with Crippen LogP contribution < -0.4 is 9.62 Å². The van der Waals surface area contributed by atoms with E-state index in [0.29, 0.717) is 18.0 Å². The van der Waals surface area contributed by atoms with E-state index in [2.05, 4.69) is 5.32 Å². The van der Waals surface area contributed by atoms with E-state index < -0.39 is 15.9 Å².